The van der Waals surface area contributed by atoms with Crippen LogP contribution >= 0.6 is 0 Å². The number of nitrogens with two attached hydrogens (primary N) is 2. The van der Waals surface area contributed by atoms with Crippen LogP contribution in [0, 0.1) is 11.8 Å². The number of carbonyl (C=O) groups excluding carboxylic acids is 2. The molecule has 4 nitrogen and oxygen atoms in total. The van der Waals surface area contributed by atoms with Gasteiger partial charge in [0.05, 0.1) is 0 Å². The maximum atomic E-state index is 10.9. The van der Waals surface area contributed by atoms with Crippen LogP contribution in [0.5, 0.6) is 0 Å². The van der Waals surface area contributed by atoms with Crippen LogP contribution in [-0.2, 0) is 9.59 Å². The number of carbonyl (C=O) groups is 2. The van der Waals surface area contributed by atoms with E-state index in [0.29, 0.717) is 12.3 Å². The molecule has 0 aliphatic heterocycles. The van der Waals surface area contributed by atoms with Crippen molar-refractivity contribution in [3.63, 3.8) is 0 Å². The molecule has 0 radical (unpaired) electrons. The van der Waals surface area contributed by atoms with Crippen molar-refractivity contribution in [3.8, 4) is 0 Å². The summed E-state index contributed by atoms with van der Waals surface area (Å²) < 4.78 is 0. The molecule has 80 valence electrons. The number of hydrogen-bond acceptors (Lipinski definition) is 2. The van der Waals surface area contributed by atoms with E-state index in [1.54, 1.807) is 0 Å². The minimum atomic E-state index is -0.766. The first kappa shape index (κ1) is 11.0. The zero-order valence-electron chi connectivity index (χ0n) is 8.37. The van der Waals surface area contributed by atoms with Crippen molar-refractivity contribution < 1.29 is 9.59 Å². The first-order valence-corrected chi connectivity index (χ1v) is 5.20. The van der Waals surface area contributed by atoms with Crippen molar-refractivity contribution in [2.45, 2.75) is 38.5 Å². The molecule has 2 amide bonds. The Morgan fingerprint density at radius 2 is 1.57 bits per heavy atom. The Labute approximate surface area is 84.0 Å². The molecule has 4 heteroatoms. The van der Waals surface area contributed by atoms with Gasteiger partial charge in [0.1, 0.15) is 5.92 Å². The van der Waals surface area contributed by atoms with E-state index in [1.807, 2.05) is 0 Å². The highest BCUT2D eigenvalue weighted by Gasteiger charge is 2.26. The average Bonchev–Trinajstić information content (AvgIpc) is 2.15. The van der Waals surface area contributed by atoms with Gasteiger partial charge >= 0.3 is 0 Å². The molecule has 1 aliphatic rings. The van der Waals surface area contributed by atoms with Gasteiger partial charge in [0, 0.05) is 0 Å². The highest BCUT2D eigenvalue weighted by atomic mass is 16.2. The summed E-state index contributed by atoms with van der Waals surface area (Å²) in [4.78, 5) is 21.9. The molecular weight excluding hydrogens is 180 g/mol. The highest BCUT2D eigenvalue weighted by molar-refractivity contribution is 5.98. The average molecular weight is 198 g/mol. The van der Waals surface area contributed by atoms with Crippen molar-refractivity contribution >= 4 is 11.8 Å². The van der Waals surface area contributed by atoms with Gasteiger partial charge in [-0.25, -0.2) is 0 Å². The summed E-state index contributed by atoms with van der Waals surface area (Å²) >= 11 is 0. The molecule has 0 heterocycles. The predicted octanol–water partition coefficient (Wildman–Crippen LogP) is 0.544. The third-order valence-corrected chi connectivity index (χ3v) is 2.98. The summed E-state index contributed by atoms with van der Waals surface area (Å²) in [6.45, 7) is 0. The molecule has 1 fully saturated rings. The van der Waals surface area contributed by atoms with Gasteiger partial charge in [-0.2, -0.15) is 0 Å². The van der Waals surface area contributed by atoms with Gasteiger partial charge in [-0.05, 0) is 12.3 Å². The Morgan fingerprint density at radius 3 is 2.00 bits per heavy atom. The molecule has 14 heavy (non-hydrogen) atoms. The van der Waals surface area contributed by atoms with Crippen LogP contribution in [0.2, 0.25) is 0 Å². The van der Waals surface area contributed by atoms with Crippen LogP contribution in [0.15, 0.2) is 0 Å². The van der Waals surface area contributed by atoms with E-state index in [2.05, 4.69) is 0 Å². The van der Waals surface area contributed by atoms with Crippen molar-refractivity contribution in [2.75, 3.05) is 0 Å². The van der Waals surface area contributed by atoms with E-state index in [9.17, 15) is 9.59 Å². The summed E-state index contributed by atoms with van der Waals surface area (Å²) in [6, 6.07) is 0. The lowest BCUT2D eigenvalue weighted by atomic mass is 9.82. The van der Waals surface area contributed by atoms with Gasteiger partial charge in [0.2, 0.25) is 11.8 Å². The first-order valence-electron chi connectivity index (χ1n) is 5.20. The number of primary amides is 2. The van der Waals surface area contributed by atoms with E-state index in [-0.39, 0.29) is 0 Å². The molecule has 0 saturated heterocycles. The lowest BCUT2D eigenvalue weighted by molar-refractivity contribution is -0.132. The summed E-state index contributed by atoms with van der Waals surface area (Å²) in [7, 11) is 0. The smallest absolute Gasteiger partial charge is 0.229 e. The van der Waals surface area contributed by atoms with Crippen LogP contribution < -0.4 is 11.5 Å². The van der Waals surface area contributed by atoms with E-state index in [4.69, 9.17) is 11.5 Å². The molecular formula is C10H18N2O2. The fourth-order valence-corrected chi connectivity index (χ4v) is 2.13. The molecule has 0 aromatic heterocycles. The Morgan fingerprint density at radius 1 is 1.07 bits per heavy atom. The van der Waals surface area contributed by atoms with E-state index in [1.165, 1.54) is 19.3 Å². The second-order valence-corrected chi connectivity index (χ2v) is 4.10. The van der Waals surface area contributed by atoms with Gasteiger partial charge in [-0.1, -0.05) is 32.1 Å². The molecule has 0 spiro atoms. The third-order valence-electron chi connectivity index (χ3n) is 2.98. The standard InChI is InChI=1S/C10H18N2O2/c11-9(13)8(10(12)14)6-7-4-2-1-3-5-7/h7-8H,1-6H2,(H2,11,13)(H2,12,14). The monoisotopic (exact) mass is 198 g/mol. The highest BCUT2D eigenvalue weighted by Crippen LogP contribution is 2.28. The van der Waals surface area contributed by atoms with E-state index in [0.717, 1.165) is 12.8 Å². The van der Waals surface area contributed by atoms with Crippen molar-refractivity contribution in [3.05, 3.63) is 0 Å². The lowest BCUT2D eigenvalue weighted by Crippen LogP contribution is -2.36. The van der Waals surface area contributed by atoms with E-state index >= 15 is 0 Å². The summed E-state index contributed by atoms with van der Waals surface area (Å²) in [5.41, 5.74) is 10.2. The van der Waals surface area contributed by atoms with Gasteiger partial charge < -0.3 is 11.5 Å². The Balaban J connectivity index is 2.45. The largest absolute Gasteiger partial charge is 0.369 e. The van der Waals surface area contributed by atoms with Crippen LogP contribution in [0.1, 0.15) is 38.5 Å². The van der Waals surface area contributed by atoms with Crippen molar-refractivity contribution in [1.29, 1.82) is 0 Å². The molecule has 0 bridgehead atoms. The summed E-state index contributed by atoms with van der Waals surface area (Å²) in [5.74, 6) is -1.47. The first-order chi connectivity index (χ1) is 6.61. The van der Waals surface area contributed by atoms with Gasteiger partial charge in [0.25, 0.3) is 0 Å². The SMILES string of the molecule is NC(=O)C(CC1CCCCC1)C(N)=O. The van der Waals surface area contributed by atoms with Crippen molar-refractivity contribution in [2.24, 2.45) is 23.3 Å². The molecule has 4 N–H and O–H groups in total. The van der Waals surface area contributed by atoms with Crippen LogP contribution in [0.3, 0.4) is 0 Å². The lowest BCUT2D eigenvalue weighted by Gasteiger charge is -2.23. The number of rotatable bonds is 4. The molecule has 1 saturated carbocycles. The quantitative estimate of drug-likeness (QED) is 0.646. The number of hydrogen-bond donors (Lipinski definition) is 2. The maximum absolute atomic E-state index is 10.9. The number of amides is 2. The Hall–Kier alpha value is -1.06. The van der Waals surface area contributed by atoms with Crippen LogP contribution in [0.4, 0.5) is 0 Å². The second kappa shape index (κ2) is 4.98. The van der Waals surface area contributed by atoms with Crippen LogP contribution in [0.25, 0.3) is 0 Å². The van der Waals surface area contributed by atoms with Crippen molar-refractivity contribution in [1.82, 2.24) is 0 Å². The molecule has 0 aromatic carbocycles. The minimum Gasteiger partial charge on any atom is -0.369 e. The Kier molecular flexibility index (Phi) is 3.92. The molecule has 0 atom stereocenters. The zero-order chi connectivity index (χ0) is 10.6. The molecule has 1 rings (SSSR count). The third kappa shape index (κ3) is 3.01. The fraction of sp³-hybridized carbons (Fsp3) is 0.800. The second-order valence-electron chi connectivity index (χ2n) is 4.10. The summed E-state index contributed by atoms with van der Waals surface area (Å²) in [6.07, 6.45) is 6.37. The normalized spacial score (nSPS) is 18.4. The van der Waals surface area contributed by atoms with Gasteiger partial charge in [0.15, 0.2) is 0 Å². The molecule has 0 unspecified atom stereocenters. The van der Waals surface area contributed by atoms with Gasteiger partial charge in [-0.15, -0.1) is 0 Å². The van der Waals surface area contributed by atoms with Gasteiger partial charge in [-0.3, -0.25) is 9.59 Å². The van der Waals surface area contributed by atoms with Crippen LogP contribution in [-0.4, -0.2) is 11.8 Å². The summed E-state index contributed by atoms with van der Waals surface area (Å²) in [5, 5.41) is 0. The fourth-order valence-electron chi connectivity index (χ4n) is 2.13. The molecule has 1 aliphatic carbocycles. The Bertz CT molecular complexity index is 208. The topological polar surface area (TPSA) is 86.2 Å². The minimum absolute atomic E-state index is 0.453. The molecule has 0 aromatic rings. The zero-order valence-corrected chi connectivity index (χ0v) is 8.37. The maximum Gasteiger partial charge on any atom is 0.229 e. The predicted molar refractivity (Wildman–Crippen MR) is 53.1 cm³/mol. The van der Waals surface area contributed by atoms with E-state index < -0.39 is 17.7 Å².